The number of rotatable bonds is 5. The third kappa shape index (κ3) is 4.86. The van der Waals surface area contributed by atoms with Gasteiger partial charge in [0.15, 0.2) is 0 Å². The smallest absolute Gasteiger partial charge is 0.255 e. The molecule has 0 spiro atoms. The Morgan fingerprint density at radius 3 is 2.16 bits per heavy atom. The second-order valence-corrected chi connectivity index (χ2v) is 8.14. The number of carbonyl (C=O) groups is 3. The second kappa shape index (κ2) is 9.06. The average Bonchev–Trinajstić information content (AvgIpc) is 3.16. The number of anilines is 3. The van der Waals surface area contributed by atoms with E-state index in [4.69, 9.17) is 0 Å². The highest BCUT2D eigenvalue weighted by atomic mass is 16.2. The molecule has 3 aromatic carbocycles. The van der Waals surface area contributed by atoms with Crippen LogP contribution in [0.25, 0.3) is 0 Å². The van der Waals surface area contributed by atoms with Crippen molar-refractivity contribution in [2.45, 2.75) is 20.3 Å². The standard InChI is InChI=1S/C26H25N3O3/c1-17-12-18(2)14-22(13-17)28-25(31)19-8-10-21(11-9-19)27-26(32)20-15-24(30)29(16-20)23-6-4-3-5-7-23/h3-14,20H,15-16H2,1-2H3,(H,27,32)(H,28,31). The van der Waals surface area contributed by atoms with Gasteiger partial charge in [0.05, 0.1) is 5.92 Å². The number of carbonyl (C=O) groups excluding carboxylic acids is 3. The first-order valence-corrected chi connectivity index (χ1v) is 10.5. The number of amides is 3. The van der Waals surface area contributed by atoms with E-state index in [0.29, 0.717) is 17.8 Å². The molecule has 0 radical (unpaired) electrons. The molecule has 4 rings (SSSR count). The van der Waals surface area contributed by atoms with E-state index in [-0.39, 0.29) is 24.1 Å². The Morgan fingerprint density at radius 2 is 1.50 bits per heavy atom. The number of nitrogens with zero attached hydrogens (tertiary/aromatic N) is 1. The number of aryl methyl sites for hydroxylation is 2. The molecule has 1 aliphatic rings. The lowest BCUT2D eigenvalue weighted by molar-refractivity contribution is -0.122. The van der Waals surface area contributed by atoms with Gasteiger partial charge in [0.1, 0.15) is 0 Å². The van der Waals surface area contributed by atoms with Crippen LogP contribution in [0.5, 0.6) is 0 Å². The first-order valence-electron chi connectivity index (χ1n) is 10.5. The van der Waals surface area contributed by atoms with E-state index in [2.05, 4.69) is 10.6 Å². The van der Waals surface area contributed by atoms with E-state index in [9.17, 15) is 14.4 Å². The summed E-state index contributed by atoms with van der Waals surface area (Å²) in [5.74, 6) is -0.901. The van der Waals surface area contributed by atoms with Crippen LogP contribution in [0.2, 0.25) is 0 Å². The Labute approximate surface area is 187 Å². The Morgan fingerprint density at radius 1 is 0.844 bits per heavy atom. The summed E-state index contributed by atoms with van der Waals surface area (Å²) in [6.07, 6.45) is 0.178. The van der Waals surface area contributed by atoms with Crippen molar-refractivity contribution in [1.82, 2.24) is 0 Å². The molecule has 1 unspecified atom stereocenters. The lowest BCUT2D eigenvalue weighted by Gasteiger charge is -2.16. The highest BCUT2D eigenvalue weighted by Crippen LogP contribution is 2.26. The topological polar surface area (TPSA) is 78.5 Å². The molecule has 1 heterocycles. The number of nitrogens with one attached hydrogen (secondary N) is 2. The van der Waals surface area contributed by atoms with Gasteiger partial charge in [-0.2, -0.15) is 0 Å². The number of para-hydroxylation sites is 1. The fraction of sp³-hybridized carbons (Fsp3) is 0.192. The zero-order chi connectivity index (χ0) is 22.7. The zero-order valence-electron chi connectivity index (χ0n) is 18.1. The van der Waals surface area contributed by atoms with Crippen molar-refractivity contribution in [3.63, 3.8) is 0 Å². The third-order valence-corrected chi connectivity index (χ3v) is 5.46. The highest BCUT2D eigenvalue weighted by Gasteiger charge is 2.35. The van der Waals surface area contributed by atoms with Crippen LogP contribution in [-0.4, -0.2) is 24.3 Å². The Balaban J connectivity index is 1.36. The van der Waals surface area contributed by atoms with E-state index in [1.54, 1.807) is 29.2 Å². The van der Waals surface area contributed by atoms with E-state index in [0.717, 1.165) is 22.5 Å². The summed E-state index contributed by atoms with van der Waals surface area (Å²) in [5.41, 5.74) is 4.78. The monoisotopic (exact) mass is 427 g/mol. The fourth-order valence-electron chi connectivity index (χ4n) is 3.94. The summed E-state index contributed by atoms with van der Waals surface area (Å²) in [4.78, 5) is 39.2. The van der Waals surface area contributed by atoms with Gasteiger partial charge in [-0.25, -0.2) is 0 Å². The normalized spacial score (nSPS) is 15.5. The van der Waals surface area contributed by atoms with Gasteiger partial charge < -0.3 is 15.5 Å². The summed E-state index contributed by atoms with van der Waals surface area (Å²) in [6.45, 7) is 4.32. The van der Waals surface area contributed by atoms with Crippen molar-refractivity contribution < 1.29 is 14.4 Å². The minimum absolute atomic E-state index is 0.0604. The molecule has 0 saturated carbocycles. The summed E-state index contributed by atoms with van der Waals surface area (Å²) in [5, 5.41) is 5.76. The molecule has 162 valence electrons. The number of hydrogen-bond acceptors (Lipinski definition) is 3. The molecule has 3 amide bonds. The van der Waals surface area contributed by atoms with Crippen LogP contribution >= 0.6 is 0 Å². The lowest BCUT2D eigenvalue weighted by atomic mass is 10.1. The molecule has 1 aliphatic heterocycles. The second-order valence-electron chi connectivity index (χ2n) is 8.14. The van der Waals surface area contributed by atoms with Crippen LogP contribution in [0.4, 0.5) is 17.1 Å². The Bertz CT molecular complexity index is 1140. The Hall–Kier alpha value is -3.93. The fourth-order valence-corrected chi connectivity index (χ4v) is 3.94. The molecule has 1 saturated heterocycles. The summed E-state index contributed by atoms with van der Waals surface area (Å²) >= 11 is 0. The molecule has 2 N–H and O–H groups in total. The molecule has 6 nitrogen and oxygen atoms in total. The van der Waals surface area contributed by atoms with E-state index >= 15 is 0 Å². The van der Waals surface area contributed by atoms with Crippen molar-refractivity contribution >= 4 is 34.8 Å². The van der Waals surface area contributed by atoms with Crippen molar-refractivity contribution in [2.75, 3.05) is 22.1 Å². The van der Waals surface area contributed by atoms with Crippen LogP contribution in [0.15, 0.2) is 72.8 Å². The lowest BCUT2D eigenvalue weighted by Crippen LogP contribution is -2.28. The molecule has 3 aromatic rings. The largest absolute Gasteiger partial charge is 0.326 e. The molecule has 0 aromatic heterocycles. The Kier molecular flexibility index (Phi) is 6.03. The predicted octanol–water partition coefficient (Wildman–Crippen LogP) is 4.55. The SMILES string of the molecule is Cc1cc(C)cc(NC(=O)c2ccc(NC(=O)C3CC(=O)N(c4ccccc4)C3)cc2)c1. The molecule has 1 fully saturated rings. The van der Waals surface area contributed by atoms with Crippen molar-refractivity contribution in [3.8, 4) is 0 Å². The van der Waals surface area contributed by atoms with Gasteiger partial charge in [0, 0.05) is 35.6 Å². The summed E-state index contributed by atoms with van der Waals surface area (Å²) in [6, 6.07) is 22.0. The quantitative estimate of drug-likeness (QED) is 0.627. The molecule has 32 heavy (non-hydrogen) atoms. The van der Waals surface area contributed by atoms with Gasteiger partial charge in [0.25, 0.3) is 5.91 Å². The van der Waals surface area contributed by atoms with Crippen LogP contribution in [0.1, 0.15) is 27.9 Å². The van der Waals surface area contributed by atoms with Gasteiger partial charge >= 0.3 is 0 Å². The van der Waals surface area contributed by atoms with Crippen LogP contribution in [0.3, 0.4) is 0 Å². The molecule has 0 aliphatic carbocycles. The van der Waals surface area contributed by atoms with Gasteiger partial charge in [-0.15, -0.1) is 0 Å². The van der Waals surface area contributed by atoms with Gasteiger partial charge in [0.2, 0.25) is 11.8 Å². The van der Waals surface area contributed by atoms with Gasteiger partial charge in [-0.3, -0.25) is 14.4 Å². The van der Waals surface area contributed by atoms with E-state index < -0.39 is 5.92 Å². The minimum Gasteiger partial charge on any atom is -0.326 e. The van der Waals surface area contributed by atoms with Gasteiger partial charge in [-0.1, -0.05) is 24.3 Å². The van der Waals surface area contributed by atoms with E-state index in [1.807, 2.05) is 62.4 Å². The van der Waals surface area contributed by atoms with E-state index in [1.165, 1.54) is 0 Å². The maximum atomic E-state index is 12.7. The summed E-state index contributed by atoms with van der Waals surface area (Å²) in [7, 11) is 0. The molecule has 1 atom stereocenters. The molecule has 6 heteroatoms. The molecular weight excluding hydrogens is 402 g/mol. The van der Waals surface area contributed by atoms with Crippen molar-refractivity contribution in [3.05, 3.63) is 89.5 Å². The van der Waals surface area contributed by atoms with Gasteiger partial charge in [-0.05, 0) is 73.5 Å². The minimum atomic E-state index is -0.421. The maximum absolute atomic E-state index is 12.7. The first kappa shape index (κ1) is 21.3. The average molecular weight is 428 g/mol. The predicted molar refractivity (Wildman–Crippen MR) is 126 cm³/mol. The van der Waals surface area contributed by atoms with Crippen LogP contribution in [-0.2, 0) is 9.59 Å². The summed E-state index contributed by atoms with van der Waals surface area (Å²) < 4.78 is 0. The maximum Gasteiger partial charge on any atom is 0.255 e. The number of benzene rings is 3. The van der Waals surface area contributed by atoms with Crippen molar-refractivity contribution in [1.29, 1.82) is 0 Å². The highest BCUT2D eigenvalue weighted by molar-refractivity contribution is 6.05. The van der Waals surface area contributed by atoms with Crippen LogP contribution in [0, 0.1) is 19.8 Å². The molecule has 0 bridgehead atoms. The third-order valence-electron chi connectivity index (χ3n) is 5.46. The van der Waals surface area contributed by atoms with Crippen molar-refractivity contribution in [2.24, 2.45) is 5.92 Å². The number of hydrogen-bond donors (Lipinski definition) is 2. The zero-order valence-corrected chi connectivity index (χ0v) is 18.1. The molecular formula is C26H25N3O3. The van der Waals surface area contributed by atoms with Crippen LogP contribution < -0.4 is 15.5 Å². The first-order chi connectivity index (χ1) is 15.4.